The summed E-state index contributed by atoms with van der Waals surface area (Å²) in [6, 6.07) is 2.19. The van der Waals surface area contributed by atoms with Crippen molar-refractivity contribution < 1.29 is 9.53 Å². The van der Waals surface area contributed by atoms with Crippen molar-refractivity contribution in [3.63, 3.8) is 0 Å². The number of ether oxygens (including phenoxy) is 1. The molecule has 0 aliphatic carbocycles. The van der Waals surface area contributed by atoms with Crippen LogP contribution in [0.15, 0.2) is 11.4 Å². The van der Waals surface area contributed by atoms with Crippen molar-refractivity contribution in [1.29, 1.82) is 0 Å². The van der Waals surface area contributed by atoms with Gasteiger partial charge >= 0.3 is 0 Å². The van der Waals surface area contributed by atoms with E-state index in [9.17, 15) is 4.79 Å². The van der Waals surface area contributed by atoms with Crippen molar-refractivity contribution in [3.05, 3.63) is 21.9 Å². The van der Waals surface area contributed by atoms with E-state index in [2.05, 4.69) is 28.2 Å². The van der Waals surface area contributed by atoms with E-state index in [-0.39, 0.29) is 12.0 Å². The van der Waals surface area contributed by atoms with Crippen LogP contribution in [0, 0.1) is 18.8 Å². The quantitative estimate of drug-likeness (QED) is 0.851. The number of hydrogen-bond acceptors (Lipinski definition) is 4. The van der Waals surface area contributed by atoms with Gasteiger partial charge in [-0.1, -0.05) is 0 Å². The van der Waals surface area contributed by atoms with Crippen LogP contribution in [0.1, 0.15) is 29.7 Å². The molecule has 0 N–H and O–H groups in total. The minimum Gasteiger partial charge on any atom is -0.377 e. The minimum absolute atomic E-state index is 0.134. The molecule has 3 fully saturated rings. The van der Waals surface area contributed by atoms with E-state index in [0.717, 1.165) is 45.8 Å². The Hall–Kier alpha value is -0.910. The zero-order valence-corrected chi connectivity index (χ0v) is 14.7. The second kappa shape index (κ2) is 6.54. The highest BCUT2D eigenvalue weighted by atomic mass is 32.1. The molecular formula is C18H26N2O2S. The number of carbonyl (C=O) groups excluding carboxylic acids is 1. The normalized spacial score (nSPS) is 31.5. The molecule has 0 radical (unpaired) electrons. The zero-order valence-electron chi connectivity index (χ0n) is 13.9. The molecule has 23 heavy (non-hydrogen) atoms. The smallest absolute Gasteiger partial charge is 0.227 e. The fraction of sp³-hybridized carbons (Fsp3) is 0.722. The molecule has 1 amide bonds. The summed E-state index contributed by atoms with van der Waals surface area (Å²) in [4.78, 5) is 19.0. The number of fused-ring (bicyclic) bond motifs is 1. The van der Waals surface area contributed by atoms with Crippen LogP contribution in [0.5, 0.6) is 0 Å². The van der Waals surface area contributed by atoms with Gasteiger partial charge in [0.2, 0.25) is 5.91 Å². The molecular weight excluding hydrogens is 308 g/mol. The number of nitrogens with zero attached hydrogens (tertiary/aromatic N) is 2. The van der Waals surface area contributed by atoms with Gasteiger partial charge in [-0.05, 0) is 43.2 Å². The van der Waals surface area contributed by atoms with Crippen molar-refractivity contribution in [3.8, 4) is 0 Å². The highest BCUT2D eigenvalue weighted by Crippen LogP contribution is 2.36. The third-order valence-corrected chi connectivity index (χ3v) is 6.75. The molecule has 3 saturated heterocycles. The number of hydrogen-bond donors (Lipinski definition) is 0. The van der Waals surface area contributed by atoms with E-state index in [1.165, 1.54) is 23.3 Å². The molecule has 3 aliphatic heterocycles. The molecule has 3 aliphatic rings. The fourth-order valence-electron chi connectivity index (χ4n) is 4.39. The highest BCUT2D eigenvalue weighted by Gasteiger charge is 2.45. The van der Waals surface area contributed by atoms with E-state index < -0.39 is 0 Å². The standard InChI is InChI=1S/C18H26N2O2S/c1-13-5-9-23-17(13)12-19-10-15(14-4-8-22-16(14)11-19)18(21)20-6-2-3-7-20/h5,9,14-16H,2-4,6-8,10-12H2,1H3/t14-,15+,16+/m0/s1. The first kappa shape index (κ1) is 15.6. The summed E-state index contributed by atoms with van der Waals surface area (Å²) in [5, 5.41) is 2.16. The van der Waals surface area contributed by atoms with Gasteiger partial charge in [0, 0.05) is 50.1 Å². The molecule has 4 nitrogen and oxygen atoms in total. The Morgan fingerprint density at radius 3 is 2.91 bits per heavy atom. The third kappa shape index (κ3) is 3.06. The maximum absolute atomic E-state index is 13.0. The number of likely N-dealkylation sites (tertiary alicyclic amines) is 2. The van der Waals surface area contributed by atoms with Crippen molar-refractivity contribution in [2.45, 2.75) is 38.8 Å². The highest BCUT2D eigenvalue weighted by molar-refractivity contribution is 7.10. The number of rotatable bonds is 3. The van der Waals surface area contributed by atoms with Crippen LogP contribution in [0.3, 0.4) is 0 Å². The molecule has 0 aromatic carbocycles. The summed E-state index contributed by atoms with van der Waals surface area (Å²) in [5.41, 5.74) is 1.37. The Bertz CT molecular complexity index is 567. The van der Waals surface area contributed by atoms with Gasteiger partial charge in [0.25, 0.3) is 0 Å². The molecule has 126 valence electrons. The second-order valence-corrected chi connectivity index (χ2v) is 8.22. The molecule has 3 atom stereocenters. The van der Waals surface area contributed by atoms with Gasteiger partial charge in [0.05, 0.1) is 12.0 Å². The Kier molecular flexibility index (Phi) is 4.43. The molecule has 0 bridgehead atoms. The van der Waals surface area contributed by atoms with Crippen molar-refractivity contribution in [2.75, 3.05) is 32.8 Å². The van der Waals surface area contributed by atoms with E-state index in [1.54, 1.807) is 0 Å². The zero-order chi connectivity index (χ0) is 15.8. The number of aryl methyl sites for hydroxylation is 1. The lowest BCUT2D eigenvalue weighted by atomic mass is 9.82. The van der Waals surface area contributed by atoms with Gasteiger partial charge in [-0.25, -0.2) is 0 Å². The van der Waals surface area contributed by atoms with Gasteiger partial charge in [0.15, 0.2) is 0 Å². The van der Waals surface area contributed by atoms with Gasteiger partial charge in [-0.15, -0.1) is 11.3 Å². The largest absolute Gasteiger partial charge is 0.377 e. The molecule has 0 unspecified atom stereocenters. The first-order valence-electron chi connectivity index (χ1n) is 8.88. The fourth-order valence-corrected chi connectivity index (χ4v) is 5.33. The topological polar surface area (TPSA) is 32.8 Å². The summed E-state index contributed by atoms with van der Waals surface area (Å²) in [7, 11) is 0. The Morgan fingerprint density at radius 2 is 2.17 bits per heavy atom. The van der Waals surface area contributed by atoms with Gasteiger partial charge in [-0.2, -0.15) is 0 Å². The second-order valence-electron chi connectivity index (χ2n) is 7.22. The lowest BCUT2D eigenvalue weighted by molar-refractivity contribution is -0.140. The summed E-state index contributed by atoms with van der Waals surface area (Å²) in [6.07, 6.45) is 3.64. The maximum atomic E-state index is 13.0. The molecule has 4 rings (SSSR count). The third-order valence-electron chi connectivity index (χ3n) is 5.74. The average molecular weight is 334 g/mol. The predicted molar refractivity (Wildman–Crippen MR) is 91.5 cm³/mol. The number of piperidine rings is 1. The number of carbonyl (C=O) groups is 1. The van der Waals surface area contributed by atoms with Crippen LogP contribution in [-0.4, -0.2) is 54.6 Å². The maximum Gasteiger partial charge on any atom is 0.227 e. The average Bonchev–Trinajstić information content (AvgIpc) is 3.28. The summed E-state index contributed by atoms with van der Waals surface area (Å²) in [5.74, 6) is 0.953. The van der Waals surface area contributed by atoms with E-state index in [0.29, 0.717) is 11.8 Å². The van der Waals surface area contributed by atoms with Crippen LogP contribution in [0.25, 0.3) is 0 Å². The van der Waals surface area contributed by atoms with E-state index >= 15 is 0 Å². The summed E-state index contributed by atoms with van der Waals surface area (Å²) >= 11 is 1.83. The van der Waals surface area contributed by atoms with Crippen molar-refractivity contribution >= 4 is 17.2 Å². The van der Waals surface area contributed by atoms with Gasteiger partial charge in [0.1, 0.15) is 0 Å². The monoisotopic (exact) mass is 334 g/mol. The Balaban J connectivity index is 1.50. The van der Waals surface area contributed by atoms with E-state index in [1.807, 2.05) is 11.3 Å². The SMILES string of the molecule is Cc1ccsc1CN1C[C@H]2OCC[C@H]2[C@H](C(=O)N2CCCC2)C1. The first-order chi connectivity index (χ1) is 11.2. The van der Waals surface area contributed by atoms with Gasteiger partial charge in [-0.3, -0.25) is 9.69 Å². The van der Waals surface area contributed by atoms with Crippen molar-refractivity contribution in [2.24, 2.45) is 11.8 Å². The first-order valence-corrected chi connectivity index (χ1v) is 9.76. The van der Waals surface area contributed by atoms with Crippen LogP contribution >= 0.6 is 11.3 Å². The molecule has 0 saturated carbocycles. The number of amides is 1. The lowest BCUT2D eigenvalue weighted by Crippen LogP contribution is -2.52. The molecule has 4 heterocycles. The molecule has 5 heteroatoms. The summed E-state index contributed by atoms with van der Waals surface area (Å²) in [6.45, 7) is 7.75. The molecule has 1 aromatic heterocycles. The van der Waals surface area contributed by atoms with Crippen LogP contribution in [-0.2, 0) is 16.1 Å². The Labute approximate surface area is 142 Å². The minimum atomic E-state index is 0.134. The molecule has 1 aromatic rings. The lowest BCUT2D eigenvalue weighted by Gasteiger charge is -2.40. The van der Waals surface area contributed by atoms with E-state index in [4.69, 9.17) is 4.74 Å². The van der Waals surface area contributed by atoms with Crippen molar-refractivity contribution in [1.82, 2.24) is 9.80 Å². The van der Waals surface area contributed by atoms with Crippen LogP contribution < -0.4 is 0 Å². The molecule has 0 spiro atoms. The van der Waals surface area contributed by atoms with Gasteiger partial charge < -0.3 is 9.64 Å². The van der Waals surface area contributed by atoms with Crippen LogP contribution in [0.2, 0.25) is 0 Å². The predicted octanol–water partition coefficient (Wildman–Crippen LogP) is 2.52. The summed E-state index contributed by atoms with van der Waals surface area (Å²) < 4.78 is 5.97. The number of thiophene rings is 1. The van der Waals surface area contributed by atoms with Crippen LogP contribution in [0.4, 0.5) is 0 Å². The Morgan fingerprint density at radius 1 is 1.35 bits per heavy atom.